The van der Waals surface area contributed by atoms with Crippen molar-refractivity contribution in [1.82, 2.24) is 4.90 Å². The predicted molar refractivity (Wildman–Crippen MR) is 119 cm³/mol. The maximum atomic E-state index is 12.3. The topological polar surface area (TPSA) is 65.1 Å². The van der Waals surface area contributed by atoms with Crippen molar-refractivity contribution >= 4 is 22.6 Å². The first kappa shape index (κ1) is 22.2. The summed E-state index contributed by atoms with van der Waals surface area (Å²) in [5, 5.41) is 2.14. The van der Waals surface area contributed by atoms with Crippen LogP contribution in [-0.2, 0) is 20.9 Å². The quantitative estimate of drug-likeness (QED) is 0.486. The number of hydrogen-bond donors (Lipinski definition) is 0. The highest BCUT2D eigenvalue weighted by Crippen LogP contribution is 2.22. The van der Waals surface area contributed by atoms with Crippen LogP contribution in [0, 0.1) is 6.92 Å². The largest absolute Gasteiger partial charge is 0.497 e. The fourth-order valence-corrected chi connectivity index (χ4v) is 3.07. The summed E-state index contributed by atoms with van der Waals surface area (Å²) in [7, 11) is 3.33. The van der Waals surface area contributed by atoms with Crippen LogP contribution in [0.25, 0.3) is 10.8 Å². The highest BCUT2D eigenvalue weighted by atomic mass is 16.5. The monoisotopic (exact) mass is 421 g/mol. The molecule has 0 radical (unpaired) electrons. The van der Waals surface area contributed by atoms with Gasteiger partial charge in [0.1, 0.15) is 11.5 Å². The third-order valence-corrected chi connectivity index (χ3v) is 4.91. The zero-order chi connectivity index (χ0) is 22.2. The molecule has 0 unspecified atom stereocenters. The molecule has 0 heterocycles. The summed E-state index contributed by atoms with van der Waals surface area (Å²) < 4.78 is 15.8. The Morgan fingerprint density at radius 3 is 2.32 bits per heavy atom. The van der Waals surface area contributed by atoms with Crippen molar-refractivity contribution in [1.29, 1.82) is 0 Å². The lowest BCUT2D eigenvalue weighted by Gasteiger charge is -2.17. The molecule has 0 N–H and O–H groups in total. The molecule has 0 saturated heterocycles. The summed E-state index contributed by atoms with van der Waals surface area (Å²) >= 11 is 0. The molecule has 0 aromatic heterocycles. The van der Waals surface area contributed by atoms with Crippen LogP contribution in [0.3, 0.4) is 0 Å². The first-order chi connectivity index (χ1) is 14.9. The number of carbonyl (C=O) groups is 2. The molecule has 0 aliphatic heterocycles. The van der Waals surface area contributed by atoms with Crippen LogP contribution in [0.2, 0.25) is 0 Å². The van der Waals surface area contributed by atoms with Gasteiger partial charge in [0.25, 0.3) is 5.91 Å². The molecule has 31 heavy (non-hydrogen) atoms. The van der Waals surface area contributed by atoms with Crippen molar-refractivity contribution in [2.24, 2.45) is 0 Å². The number of esters is 1. The van der Waals surface area contributed by atoms with Gasteiger partial charge in [-0.15, -0.1) is 0 Å². The third kappa shape index (κ3) is 6.47. The van der Waals surface area contributed by atoms with E-state index in [9.17, 15) is 9.59 Å². The number of hydrogen-bond acceptors (Lipinski definition) is 5. The second-order valence-electron chi connectivity index (χ2n) is 7.37. The van der Waals surface area contributed by atoms with E-state index >= 15 is 0 Å². The third-order valence-electron chi connectivity index (χ3n) is 4.91. The normalized spacial score (nSPS) is 10.5. The highest BCUT2D eigenvalue weighted by Gasteiger charge is 2.13. The lowest BCUT2D eigenvalue weighted by Crippen LogP contribution is -2.31. The van der Waals surface area contributed by atoms with E-state index in [1.807, 2.05) is 67.6 Å². The summed E-state index contributed by atoms with van der Waals surface area (Å²) in [6, 6.07) is 19.4. The molecular weight excluding hydrogens is 394 g/mol. The van der Waals surface area contributed by atoms with Crippen LogP contribution in [0.1, 0.15) is 17.5 Å². The summed E-state index contributed by atoms with van der Waals surface area (Å²) in [6.07, 6.45) is 0.0823. The maximum Gasteiger partial charge on any atom is 0.309 e. The summed E-state index contributed by atoms with van der Waals surface area (Å²) in [4.78, 5) is 25.8. The molecule has 1 amide bonds. The van der Waals surface area contributed by atoms with E-state index in [4.69, 9.17) is 14.2 Å². The second-order valence-corrected chi connectivity index (χ2v) is 7.37. The lowest BCUT2D eigenvalue weighted by atomic mass is 10.1. The summed E-state index contributed by atoms with van der Waals surface area (Å²) in [5.41, 5.74) is 2.13. The van der Waals surface area contributed by atoms with E-state index in [0.717, 1.165) is 27.6 Å². The molecule has 0 saturated carbocycles. The second kappa shape index (κ2) is 10.5. The molecule has 0 atom stereocenters. The molecule has 3 rings (SSSR count). The van der Waals surface area contributed by atoms with E-state index in [1.165, 1.54) is 0 Å². The highest BCUT2D eigenvalue weighted by molar-refractivity contribution is 5.85. The van der Waals surface area contributed by atoms with Crippen molar-refractivity contribution in [3.8, 4) is 11.5 Å². The molecule has 3 aromatic carbocycles. The van der Waals surface area contributed by atoms with Gasteiger partial charge in [0.15, 0.2) is 6.61 Å². The van der Waals surface area contributed by atoms with Gasteiger partial charge in [-0.3, -0.25) is 9.59 Å². The maximum absolute atomic E-state index is 12.3. The van der Waals surface area contributed by atoms with Gasteiger partial charge in [-0.25, -0.2) is 0 Å². The lowest BCUT2D eigenvalue weighted by molar-refractivity contribution is -0.152. The van der Waals surface area contributed by atoms with Gasteiger partial charge in [-0.1, -0.05) is 35.9 Å². The van der Waals surface area contributed by atoms with Gasteiger partial charge in [-0.2, -0.15) is 0 Å². The van der Waals surface area contributed by atoms with Gasteiger partial charge in [-0.05, 0) is 53.6 Å². The molecule has 162 valence electrons. The van der Waals surface area contributed by atoms with E-state index in [-0.39, 0.29) is 25.5 Å². The SMILES string of the molecule is COc1ccc2cc(CN(C)C(=O)COC(=O)CCOc3ccc(C)cc3)ccc2c1. The van der Waals surface area contributed by atoms with Crippen molar-refractivity contribution in [3.63, 3.8) is 0 Å². The molecule has 0 aliphatic rings. The van der Waals surface area contributed by atoms with Crippen molar-refractivity contribution in [3.05, 3.63) is 71.8 Å². The number of nitrogens with zero attached hydrogens (tertiary/aromatic N) is 1. The van der Waals surface area contributed by atoms with Gasteiger partial charge >= 0.3 is 5.97 Å². The van der Waals surface area contributed by atoms with Crippen LogP contribution in [0.5, 0.6) is 11.5 Å². The Hall–Kier alpha value is -3.54. The Bertz CT molecular complexity index is 1050. The van der Waals surface area contributed by atoms with Crippen LogP contribution < -0.4 is 9.47 Å². The Balaban J connectivity index is 1.43. The zero-order valence-electron chi connectivity index (χ0n) is 18.1. The minimum absolute atomic E-state index is 0.0823. The van der Waals surface area contributed by atoms with Gasteiger partial charge in [0.2, 0.25) is 0 Å². The van der Waals surface area contributed by atoms with Crippen LogP contribution in [-0.4, -0.2) is 44.1 Å². The number of ether oxygens (including phenoxy) is 3. The standard InChI is InChI=1S/C25H27NO5/c1-18-4-9-22(10-5-18)30-13-12-25(28)31-17-24(27)26(2)16-19-6-7-21-15-23(29-3)11-8-20(21)14-19/h4-11,14-15H,12-13,16-17H2,1-3H3. The molecule has 6 nitrogen and oxygen atoms in total. The van der Waals surface area contributed by atoms with E-state index in [0.29, 0.717) is 12.3 Å². The fraction of sp³-hybridized carbons (Fsp3) is 0.280. The van der Waals surface area contributed by atoms with E-state index < -0.39 is 5.97 Å². The Kier molecular flexibility index (Phi) is 7.49. The fourth-order valence-electron chi connectivity index (χ4n) is 3.07. The molecule has 3 aromatic rings. The zero-order valence-corrected chi connectivity index (χ0v) is 18.1. The van der Waals surface area contributed by atoms with E-state index in [1.54, 1.807) is 19.1 Å². The number of aryl methyl sites for hydroxylation is 1. The summed E-state index contributed by atoms with van der Waals surface area (Å²) in [5.74, 6) is 0.776. The predicted octanol–water partition coefficient (Wildman–Crippen LogP) is 4.13. The number of rotatable bonds is 9. The first-order valence-electron chi connectivity index (χ1n) is 10.1. The molecule has 0 fully saturated rings. The minimum atomic E-state index is -0.464. The number of benzene rings is 3. The number of amides is 1. The smallest absolute Gasteiger partial charge is 0.309 e. The van der Waals surface area contributed by atoms with Crippen LogP contribution in [0.4, 0.5) is 0 Å². The van der Waals surface area contributed by atoms with E-state index in [2.05, 4.69) is 0 Å². The number of carbonyl (C=O) groups excluding carboxylic acids is 2. The van der Waals surface area contributed by atoms with Crippen molar-refractivity contribution in [2.45, 2.75) is 19.9 Å². The first-order valence-corrected chi connectivity index (χ1v) is 10.1. The van der Waals surface area contributed by atoms with Crippen molar-refractivity contribution in [2.75, 3.05) is 27.4 Å². The van der Waals surface area contributed by atoms with Crippen LogP contribution >= 0.6 is 0 Å². The van der Waals surface area contributed by atoms with Gasteiger partial charge in [0.05, 0.1) is 20.1 Å². The van der Waals surface area contributed by atoms with Crippen LogP contribution in [0.15, 0.2) is 60.7 Å². The Morgan fingerprint density at radius 2 is 1.58 bits per heavy atom. The number of likely N-dealkylation sites (N-methyl/N-ethyl adjacent to an activating group) is 1. The number of methoxy groups -OCH3 is 1. The molecule has 6 heteroatoms. The Labute approximate surface area is 182 Å². The molecule has 0 bridgehead atoms. The van der Waals surface area contributed by atoms with Gasteiger partial charge < -0.3 is 19.1 Å². The molecule has 0 aliphatic carbocycles. The van der Waals surface area contributed by atoms with Gasteiger partial charge in [0, 0.05) is 13.6 Å². The average Bonchev–Trinajstić information content (AvgIpc) is 2.78. The average molecular weight is 421 g/mol. The summed E-state index contributed by atoms with van der Waals surface area (Å²) in [6.45, 7) is 2.33. The molecular formula is C25H27NO5. The van der Waals surface area contributed by atoms with Crippen molar-refractivity contribution < 1.29 is 23.8 Å². The molecule has 0 spiro atoms. The minimum Gasteiger partial charge on any atom is -0.497 e. The Morgan fingerprint density at radius 1 is 0.903 bits per heavy atom. The number of fused-ring (bicyclic) bond motifs is 1.